The zero-order valence-corrected chi connectivity index (χ0v) is 55.1. The molecule has 6 heteroatoms. The first-order chi connectivity index (χ1) is 40.0. The van der Waals surface area contributed by atoms with Crippen molar-refractivity contribution in [1.82, 2.24) is 0 Å². The normalized spacial score (nSPS) is 12.1. The fraction of sp³-hybridized carbons (Fsp3) is 0.907. The molecule has 0 fully saturated rings. The van der Waals surface area contributed by atoms with Gasteiger partial charge in [-0.2, -0.15) is 0 Å². The molecule has 0 N–H and O–H groups in total. The van der Waals surface area contributed by atoms with E-state index in [9.17, 15) is 14.4 Å². The Kier molecular flexibility index (Phi) is 68.5. The van der Waals surface area contributed by atoms with Crippen molar-refractivity contribution in [3.05, 3.63) is 24.3 Å². The average molecular weight is 1140 g/mol. The number of hydrogen-bond acceptors (Lipinski definition) is 6. The van der Waals surface area contributed by atoms with E-state index in [2.05, 4.69) is 45.1 Å². The smallest absolute Gasteiger partial charge is 0.306 e. The molecule has 0 aliphatic carbocycles. The molecule has 0 amide bonds. The van der Waals surface area contributed by atoms with E-state index in [-0.39, 0.29) is 31.1 Å². The van der Waals surface area contributed by atoms with Gasteiger partial charge in [0.2, 0.25) is 0 Å². The summed E-state index contributed by atoms with van der Waals surface area (Å²) in [4.78, 5) is 38.2. The largest absolute Gasteiger partial charge is 0.462 e. The van der Waals surface area contributed by atoms with Crippen LogP contribution in [-0.4, -0.2) is 37.2 Å². The third-order valence-corrected chi connectivity index (χ3v) is 16.9. The first kappa shape index (κ1) is 78.9. The summed E-state index contributed by atoms with van der Waals surface area (Å²) in [5.41, 5.74) is 0. The summed E-state index contributed by atoms with van der Waals surface area (Å²) in [5.74, 6) is -0.846. The van der Waals surface area contributed by atoms with Crippen LogP contribution in [0.4, 0.5) is 0 Å². The van der Waals surface area contributed by atoms with Crippen LogP contribution < -0.4 is 0 Å². The molecule has 0 aromatic heterocycles. The van der Waals surface area contributed by atoms with Crippen molar-refractivity contribution in [3.8, 4) is 0 Å². The van der Waals surface area contributed by atoms with E-state index in [1.807, 2.05) is 0 Å². The molecule has 0 radical (unpaired) electrons. The van der Waals surface area contributed by atoms with Gasteiger partial charge in [-0.05, 0) is 70.6 Å². The molecule has 0 saturated heterocycles. The highest BCUT2D eigenvalue weighted by Crippen LogP contribution is 2.19. The number of carbonyl (C=O) groups excluding carboxylic acids is 3. The van der Waals surface area contributed by atoms with Crippen LogP contribution in [0, 0.1) is 0 Å². The van der Waals surface area contributed by atoms with Gasteiger partial charge in [0.1, 0.15) is 13.2 Å². The number of ether oxygens (including phenoxy) is 3. The molecule has 0 saturated carbocycles. The molecule has 1 atom stereocenters. The van der Waals surface area contributed by atoms with E-state index in [1.165, 1.54) is 321 Å². The fourth-order valence-electron chi connectivity index (χ4n) is 11.4. The molecule has 0 rings (SSSR count). The summed E-state index contributed by atoms with van der Waals surface area (Å²) >= 11 is 0. The Labute approximate surface area is 506 Å². The van der Waals surface area contributed by atoms with Gasteiger partial charge in [-0.1, -0.05) is 353 Å². The monoisotopic (exact) mass is 1140 g/mol. The second kappa shape index (κ2) is 70.4. The van der Waals surface area contributed by atoms with Crippen LogP contribution in [0.5, 0.6) is 0 Å². The lowest BCUT2D eigenvalue weighted by atomic mass is 10.0. The van der Waals surface area contributed by atoms with Gasteiger partial charge in [-0.15, -0.1) is 0 Å². The Balaban J connectivity index is 3.93. The van der Waals surface area contributed by atoms with Gasteiger partial charge in [-0.25, -0.2) is 0 Å². The SMILES string of the molecule is CCCCCCCCCC/C=C\CCCCCCCCCCCCCCCCCCCCCCCCCC(=O)OCC(COC(=O)CCCCCCCCC)OC(=O)CCCCCCCCCCC/C=C\CCCCCCCCCC. The highest BCUT2D eigenvalue weighted by atomic mass is 16.6. The quantitative estimate of drug-likeness (QED) is 0.0261. The van der Waals surface area contributed by atoms with Crippen LogP contribution in [0.2, 0.25) is 0 Å². The molecule has 81 heavy (non-hydrogen) atoms. The molecular weight excluding hydrogens is 997 g/mol. The van der Waals surface area contributed by atoms with E-state index >= 15 is 0 Å². The maximum absolute atomic E-state index is 12.9. The Morgan fingerprint density at radius 2 is 0.407 bits per heavy atom. The van der Waals surface area contributed by atoms with E-state index in [4.69, 9.17) is 14.2 Å². The summed E-state index contributed by atoms with van der Waals surface area (Å²) in [6, 6.07) is 0. The van der Waals surface area contributed by atoms with Gasteiger partial charge in [0.05, 0.1) is 0 Å². The number of carbonyl (C=O) groups is 3. The van der Waals surface area contributed by atoms with Crippen molar-refractivity contribution >= 4 is 17.9 Å². The van der Waals surface area contributed by atoms with Crippen LogP contribution in [0.1, 0.15) is 419 Å². The maximum atomic E-state index is 12.9. The van der Waals surface area contributed by atoms with Crippen LogP contribution in [0.15, 0.2) is 24.3 Å². The molecule has 0 aliphatic rings. The highest BCUT2D eigenvalue weighted by Gasteiger charge is 2.19. The summed E-state index contributed by atoms with van der Waals surface area (Å²) in [7, 11) is 0. The second-order valence-electron chi connectivity index (χ2n) is 25.2. The van der Waals surface area contributed by atoms with E-state index in [0.29, 0.717) is 19.3 Å². The fourth-order valence-corrected chi connectivity index (χ4v) is 11.4. The predicted molar refractivity (Wildman–Crippen MR) is 353 cm³/mol. The molecule has 0 bridgehead atoms. The first-order valence-corrected chi connectivity index (χ1v) is 36.8. The van der Waals surface area contributed by atoms with E-state index in [0.717, 1.165) is 57.8 Å². The lowest BCUT2D eigenvalue weighted by Crippen LogP contribution is -2.30. The third-order valence-electron chi connectivity index (χ3n) is 16.9. The number of unbranched alkanes of at least 4 members (excludes halogenated alkanes) is 54. The van der Waals surface area contributed by atoms with Gasteiger partial charge in [0, 0.05) is 19.3 Å². The van der Waals surface area contributed by atoms with Gasteiger partial charge in [0.15, 0.2) is 6.10 Å². The van der Waals surface area contributed by atoms with Gasteiger partial charge in [0.25, 0.3) is 0 Å². The average Bonchev–Trinajstić information content (AvgIpc) is 3.47. The van der Waals surface area contributed by atoms with Crippen LogP contribution >= 0.6 is 0 Å². The van der Waals surface area contributed by atoms with E-state index in [1.54, 1.807) is 0 Å². The summed E-state index contributed by atoms with van der Waals surface area (Å²) < 4.78 is 16.9. The first-order valence-electron chi connectivity index (χ1n) is 36.8. The summed E-state index contributed by atoms with van der Waals surface area (Å²) in [5, 5.41) is 0. The zero-order chi connectivity index (χ0) is 58.5. The Hall–Kier alpha value is -2.11. The van der Waals surface area contributed by atoms with E-state index < -0.39 is 6.10 Å². The summed E-state index contributed by atoms with van der Waals surface area (Å²) in [6.45, 7) is 6.67. The zero-order valence-electron chi connectivity index (χ0n) is 55.1. The molecule has 6 nitrogen and oxygen atoms in total. The minimum absolute atomic E-state index is 0.0661. The molecule has 0 aromatic rings. The predicted octanol–water partition coefficient (Wildman–Crippen LogP) is 25.3. The molecule has 0 aromatic carbocycles. The second-order valence-corrected chi connectivity index (χ2v) is 25.2. The van der Waals surface area contributed by atoms with Crippen molar-refractivity contribution in [3.63, 3.8) is 0 Å². The molecular formula is C75H142O6. The van der Waals surface area contributed by atoms with Crippen LogP contribution in [0.3, 0.4) is 0 Å². The molecule has 1 unspecified atom stereocenters. The lowest BCUT2D eigenvalue weighted by Gasteiger charge is -2.18. The van der Waals surface area contributed by atoms with Crippen LogP contribution in [0.25, 0.3) is 0 Å². The number of rotatable bonds is 69. The van der Waals surface area contributed by atoms with Crippen molar-refractivity contribution in [2.24, 2.45) is 0 Å². The van der Waals surface area contributed by atoms with Crippen molar-refractivity contribution in [2.75, 3.05) is 13.2 Å². The molecule has 0 aliphatic heterocycles. The minimum atomic E-state index is -0.767. The maximum Gasteiger partial charge on any atom is 0.306 e. The molecule has 0 heterocycles. The number of hydrogen-bond donors (Lipinski definition) is 0. The number of esters is 3. The Morgan fingerprint density at radius 3 is 0.617 bits per heavy atom. The minimum Gasteiger partial charge on any atom is -0.462 e. The van der Waals surface area contributed by atoms with Gasteiger partial charge in [-0.3, -0.25) is 14.4 Å². The molecule has 478 valence electrons. The Morgan fingerprint density at radius 1 is 0.235 bits per heavy atom. The van der Waals surface area contributed by atoms with Crippen LogP contribution in [-0.2, 0) is 28.6 Å². The molecule has 0 spiro atoms. The van der Waals surface area contributed by atoms with Gasteiger partial charge >= 0.3 is 17.9 Å². The standard InChI is InChI=1S/C75H142O6/c1-4-7-10-13-16-18-20-22-24-26-28-30-31-32-33-34-35-36-37-38-39-40-41-42-43-45-46-48-50-52-54-56-59-62-65-68-74(77)80-71-72(70-79-73(76)67-64-61-58-15-12-9-6-3)81-75(78)69-66-63-60-57-55-53-51-49-47-44-29-27-25-23-21-19-17-14-11-8-5-2/h26-29,72H,4-25,30-71H2,1-3H3/b28-26-,29-27-. The van der Waals surface area contributed by atoms with Crippen molar-refractivity contribution < 1.29 is 28.6 Å². The van der Waals surface area contributed by atoms with Crippen molar-refractivity contribution in [2.45, 2.75) is 425 Å². The van der Waals surface area contributed by atoms with Gasteiger partial charge < -0.3 is 14.2 Å². The van der Waals surface area contributed by atoms with Crippen molar-refractivity contribution in [1.29, 1.82) is 0 Å². The third kappa shape index (κ3) is 68.6. The lowest BCUT2D eigenvalue weighted by molar-refractivity contribution is -0.167. The topological polar surface area (TPSA) is 78.9 Å². The number of allylic oxidation sites excluding steroid dienone is 4. The Bertz CT molecular complexity index is 1310. The highest BCUT2D eigenvalue weighted by molar-refractivity contribution is 5.71. The summed E-state index contributed by atoms with van der Waals surface area (Å²) in [6.07, 6.45) is 86.9.